The quantitative estimate of drug-likeness (QED) is 0.175. The molecule has 47 heavy (non-hydrogen) atoms. The van der Waals surface area contributed by atoms with Gasteiger partial charge >= 0.3 is 0 Å². The van der Waals surface area contributed by atoms with Crippen LogP contribution in [-0.2, 0) is 16.4 Å². The average molecular weight is 654 g/mol. The molecule has 0 fully saturated rings. The van der Waals surface area contributed by atoms with E-state index in [-0.39, 0.29) is 11.5 Å². The van der Waals surface area contributed by atoms with E-state index in [1.807, 2.05) is 20.8 Å². The van der Waals surface area contributed by atoms with Crippen molar-refractivity contribution in [1.82, 2.24) is 4.72 Å². The summed E-state index contributed by atoms with van der Waals surface area (Å²) in [6, 6.07) is 49.2. The van der Waals surface area contributed by atoms with Crippen molar-refractivity contribution in [2.24, 2.45) is 0 Å². The van der Waals surface area contributed by atoms with Gasteiger partial charge in [0.15, 0.2) is 0 Å². The fraction of sp³-hybridized carbons (Fsp3) is 0.190. The van der Waals surface area contributed by atoms with E-state index in [4.69, 9.17) is 4.74 Å². The molecule has 0 aromatic heterocycles. The van der Waals surface area contributed by atoms with E-state index in [0.717, 1.165) is 33.6 Å². The van der Waals surface area contributed by atoms with Crippen molar-refractivity contribution in [3.8, 4) is 11.5 Å². The first-order chi connectivity index (χ1) is 22.6. The number of ether oxygens (including phenoxy) is 1. The van der Waals surface area contributed by atoms with Gasteiger partial charge in [0.25, 0.3) is 0 Å². The lowest BCUT2D eigenvalue weighted by atomic mass is 9.74. The molecule has 0 amide bonds. The second kappa shape index (κ2) is 12.5. The molecule has 0 spiro atoms. The molecular weight excluding hydrogens is 614 g/mol. The van der Waals surface area contributed by atoms with Crippen molar-refractivity contribution in [2.45, 2.75) is 50.8 Å². The maximum atomic E-state index is 13.8. The highest BCUT2D eigenvalue weighted by atomic mass is 32.2. The molecule has 5 heteroatoms. The first-order valence-electron chi connectivity index (χ1n) is 16.1. The number of nitrogens with one attached hydrogen (secondary N) is 1. The van der Waals surface area contributed by atoms with Crippen LogP contribution in [0.25, 0.3) is 10.8 Å². The molecule has 7 rings (SSSR count). The van der Waals surface area contributed by atoms with E-state index in [9.17, 15) is 4.21 Å². The normalized spacial score (nSPS) is 15.0. The van der Waals surface area contributed by atoms with Gasteiger partial charge in [-0.1, -0.05) is 147 Å². The standard InChI is InChI=1S/C42H40NO2PS/c1-41(2,3)47(44)43-38(31-27-26-29-16-12-13-17-30(29)28-31)34-22-14-23-35-39(34)45-40-36(42(35,4)5)24-15-25-37(40)46(32-18-8-6-9-19-32)33-20-10-7-11-21-33/h6-28,38,43H,1-5H3/t38-,47?/m0/s1. The predicted molar refractivity (Wildman–Crippen MR) is 201 cm³/mol. The summed E-state index contributed by atoms with van der Waals surface area (Å²) in [5, 5.41) is 6.07. The molecule has 236 valence electrons. The molecule has 3 nitrogen and oxygen atoms in total. The maximum absolute atomic E-state index is 13.8. The molecule has 0 bridgehead atoms. The molecular formula is C42H40NO2PS. The Kier molecular flexibility index (Phi) is 8.39. The van der Waals surface area contributed by atoms with Crippen molar-refractivity contribution >= 4 is 45.6 Å². The molecule has 0 aliphatic carbocycles. The minimum atomic E-state index is -1.33. The molecule has 1 N–H and O–H groups in total. The SMILES string of the molecule is CC1(C)c2cccc([C@@H](NS(=O)C(C)(C)C)c3ccc4ccccc4c3)c2Oc2c(P(c3ccccc3)c3ccccc3)cccc21. The maximum Gasteiger partial charge on any atom is 0.139 e. The van der Waals surface area contributed by atoms with Gasteiger partial charge < -0.3 is 4.74 Å². The van der Waals surface area contributed by atoms with Gasteiger partial charge in [-0.15, -0.1) is 0 Å². The van der Waals surface area contributed by atoms with Gasteiger partial charge in [-0.05, 0) is 61.7 Å². The number of para-hydroxylation sites is 2. The predicted octanol–water partition coefficient (Wildman–Crippen LogP) is 9.17. The summed E-state index contributed by atoms with van der Waals surface area (Å²) < 4.78 is 24.1. The lowest BCUT2D eigenvalue weighted by molar-refractivity contribution is 0.413. The number of fused-ring (bicyclic) bond motifs is 3. The fourth-order valence-corrected chi connectivity index (χ4v) is 9.73. The van der Waals surface area contributed by atoms with Crippen LogP contribution in [-0.4, -0.2) is 8.96 Å². The van der Waals surface area contributed by atoms with Gasteiger partial charge in [0.05, 0.1) is 21.8 Å². The van der Waals surface area contributed by atoms with E-state index < -0.39 is 23.7 Å². The van der Waals surface area contributed by atoms with E-state index in [1.165, 1.54) is 26.9 Å². The molecule has 1 aliphatic heterocycles. The first kappa shape index (κ1) is 31.5. The topological polar surface area (TPSA) is 38.3 Å². The van der Waals surface area contributed by atoms with Crippen molar-refractivity contribution < 1.29 is 8.95 Å². The molecule has 6 aromatic carbocycles. The van der Waals surface area contributed by atoms with Crippen molar-refractivity contribution in [1.29, 1.82) is 0 Å². The van der Waals surface area contributed by atoms with E-state index in [1.54, 1.807) is 0 Å². The largest absolute Gasteiger partial charge is 0.456 e. The summed E-state index contributed by atoms with van der Waals surface area (Å²) >= 11 is 0. The molecule has 0 saturated carbocycles. The Morgan fingerprint density at radius 3 is 1.87 bits per heavy atom. The van der Waals surface area contributed by atoms with Crippen LogP contribution in [0.4, 0.5) is 0 Å². The summed E-state index contributed by atoms with van der Waals surface area (Å²) in [6.45, 7) is 10.6. The third-order valence-electron chi connectivity index (χ3n) is 9.06. The summed E-state index contributed by atoms with van der Waals surface area (Å²) in [7, 11) is -2.23. The highest BCUT2D eigenvalue weighted by Gasteiger charge is 2.39. The Morgan fingerprint density at radius 2 is 1.23 bits per heavy atom. The van der Waals surface area contributed by atoms with Gasteiger partial charge in [0.1, 0.15) is 11.5 Å². The van der Waals surface area contributed by atoms with Crippen LogP contribution < -0.4 is 25.4 Å². The van der Waals surface area contributed by atoms with Crippen molar-refractivity contribution in [3.05, 3.63) is 162 Å². The smallest absolute Gasteiger partial charge is 0.139 e. The molecule has 1 unspecified atom stereocenters. The second-order valence-electron chi connectivity index (χ2n) is 13.6. The monoisotopic (exact) mass is 653 g/mol. The minimum absolute atomic E-state index is 0.333. The summed E-state index contributed by atoms with van der Waals surface area (Å²) in [5.41, 5.74) is 3.99. The van der Waals surface area contributed by atoms with Crippen LogP contribution in [0.2, 0.25) is 0 Å². The highest BCUT2D eigenvalue weighted by molar-refractivity contribution is 7.84. The van der Waals surface area contributed by atoms with Gasteiger partial charge in [0.2, 0.25) is 0 Å². The number of hydrogen-bond donors (Lipinski definition) is 1. The lowest BCUT2D eigenvalue weighted by Gasteiger charge is -2.38. The zero-order chi connectivity index (χ0) is 32.8. The number of rotatable bonds is 7. The van der Waals surface area contributed by atoms with E-state index in [0.29, 0.717) is 0 Å². The molecule has 0 radical (unpaired) electrons. The van der Waals surface area contributed by atoms with Crippen LogP contribution >= 0.6 is 7.92 Å². The Balaban J connectivity index is 1.42. The second-order valence-corrected chi connectivity index (χ2v) is 17.8. The Morgan fingerprint density at radius 1 is 0.660 bits per heavy atom. The molecule has 1 heterocycles. The third kappa shape index (κ3) is 5.95. The zero-order valence-electron chi connectivity index (χ0n) is 27.5. The molecule has 1 aliphatic rings. The number of hydrogen-bond acceptors (Lipinski definition) is 2. The Labute approximate surface area is 282 Å². The first-order valence-corrected chi connectivity index (χ1v) is 18.6. The van der Waals surface area contributed by atoms with E-state index >= 15 is 0 Å². The summed E-state index contributed by atoms with van der Waals surface area (Å²) in [5.74, 6) is 1.76. The Hall–Kier alpha value is -4.08. The average Bonchev–Trinajstić information content (AvgIpc) is 3.08. The minimum Gasteiger partial charge on any atom is -0.456 e. The van der Waals surface area contributed by atoms with Gasteiger partial charge in [-0.2, -0.15) is 0 Å². The van der Waals surface area contributed by atoms with E-state index in [2.05, 4.69) is 158 Å². The summed E-state index contributed by atoms with van der Waals surface area (Å²) in [4.78, 5) is 0. The van der Waals surface area contributed by atoms with Gasteiger partial charge in [0, 0.05) is 27.4 Å². The molecule has 0 saturated heterocycles. The molecule has 6 aromatic rings. The van der Waals surface area contributed by atoms with Crippen LogP contribution in [0.15, 0.2) is 140 Å². The zero-order valence-corrected chi connectivity index (χ0v) is 29.2. The summed E-state index contributed by atoms with van der Waals surface area (Å²) in [6.07, 6.45) is 0. The van der Waals surface area contributed by atoms with Crippen LogP contribution in [0, 0.1) is 0 Å². The van der Waals surface area contributed by atoms with Gasteiger partial charge in [-0.3, -0.25) is 0 Å². The third-order valence-corrected chi connectivity index (χ3v) is 13.1. The highest BCUT2D eigenvalue weighted by Crippen LogP contribution is 2.52. The fourth-order valence-electron chi connectivity index (χ4n) is 6.50. The number of benzene rings is 6. The molecule has 2 atom stereocenters. The lowest BCUT2D eigenvalue weighted by Crippen LogP contribution is -2.37. The Bertz CT molecular complexity index is 2050. The van der Waals surface area contributed by atoms with Crippen LogP contribution in [0.3, 0.4) is 0 Å². The van der Waals surface area contributed by atoms with Gasteiger partial charge in [-0.25, -0.2) is 8.93 Å². The van der Waals surface area contributed by atoms with Crippen LogP contribution in [0.5, 0.6) is 11.5 Å². The van der Waals surface area contributed by atoms with Crippen molar-refractivity contribution in [3.63, 3.8) is 0 Å². The van der Waals surface area contributed by atoms with Crippen LogP contribution in [0.1, 0.15) is 62.9 Å². The van der Waals surface area contributed by atoms with Crippen molar-refractivity contribution in [2.75, 3.05) is 0 Å².